The third-order valence-corrected chi connectivity index (χ3v) is 7.25. The first-order chi connectivity index (χ1) is 26.2. The number of esters is 1. The van der Waals surface area contributed by atoms with Crippen LogP contribution in [0.15, 0.2) is 64.8 Å². The fraction of sp³-hybridized carbons (Fsp3) is 0.405. The maximum atomic E-state index is 16.3. The number of aliphatic imine (C=N–C) groups is 2. The van der Waals surface area contributed by atoms with E-state index in [0.717, 1.165) is 6.42 Å². The lowest BCUT2D eigenvalue weighted by Gasteiger charge is -2.21. The Labute approximate surface area is 317 Å². The molecule has 1 amide bonds. The van der Waals surface area contributed by atoms with E-state index in [-0.39, 0.29) is 55.2 Å². The monoisotopic (exact) mass is 769 g/mol. The summed E-state index contributed by atoms with van der Waals surface area (Å²) in [4.78, 5) is 51.9. The fourth-order valence-electron chi connectivity index (χ4n) is 4.52. The molecule has 3 rings (SSSR count). The summed E-state index contributed by atoms with van der Waals surface area (Å²) in [6.45, 7) is 5.83. The molecular formula is C37H45F2N7O9. The summed E-state index contributed by atoms with van der Waals surface area (Å²) in [5, 5.41) is 10.7. The van der Waals surface area contributed by atoms with Crippen molar-refractivity contribution >= 4 is 41.9 Å². The Morgan fingerprint density at radius 1 is 1.02 bits per heavy atom. The molecule has 0 fully saturated rings. The molecule has 0 aliphatic carbocycles. The molecule has 55 heavy (non-hydrogen) atoms. The van der Waals surface area contributed by atoms with Crippen LogP contribution in [0.25, 0.3) is 0 Å². The highest BCUT2D eigenvalue weighted by Gasteiger charge is 2.26. The number of aromatic nitrogens is 2. The number of ether oxygens (including phenoxy) is 6. The number of hydrogen-bond donors (Lipinski definition) is 3. The Morgan fingerprint density at radius 3 is 2.38 bits per heavy atom. The van der Waals surface area contributed by atoms with Crippen molar-refractivity contribution in [1.29, 1.82) is 5.41 Å². The van der Waals surface area contributed by atoms with Crippen molar-refractivity contribution < 1.29 is 51.6 Å². The Balaban J connectivity index is 1.99. The van der Waals surface area contributed by atoms with Gasteiger partial charge in [-0.05, 0) is 56.9 Å². The highest BCUT2D eigenvalue weighted by atomic mass is 19.1. The molecule has 0 unspecified atom stereocenters. The molecule has 0 radical (unpaired) electrons. The number of alkyl carbamates (subject to hydrolysis) is 1. The van der Waals surface area contributed by atoms with Gasteiger partial charge in [0, 0.05) is 36.4 Å². The molecule has 0 saturated carbocycles. The third kappa shape index (κ3) is 15.0. The van der Waals surface area contributed by atoms with Crippen LogP contribution in [0.3, 0.4) is 0 Å². The van der Waals surface area contributed by atoms with Crippen molar-refractivity contribution in [2.75, 3.05) is 33.3 Å². The second kappa shape index (κ2) is 21.5. The molecular weight excluding hydrogens is 724 g/mol. The quantitative estimate of drug-likeness (QED) is 0.0362. The number of carbonyl (C=O) groups is 3. The topological polar surface area (TPSA) is 219 Å². The van der Waals surface area contributed by atoms with Crippen LogP contribution in [0.2, 0.25) is 0 Å². The smallest absolute Gasteiger partial charge is 0.487 e. The number of unbranched alkanes of at least 4 members (excludes halogenated alkanes) is 1. The molecule has 0 aliphatic rings. The zero-order valence-electron chi connectivity index (χ0n) is 31.2. The summed E-state index contributed by atoms with van der Waals surface area (Å²) in [5.41, 5.74) is 6.82. The number of rotatable bonds is 17. The lowest BCUT2D eigenvalue weighted by atomic mass is 9.89. The number of amidine groups is 3. The van der Waals surface area contributed by atoms with Gasteiger partial charge in [-0.1, -0.05) is 43.7 Å². The van der Waals surface area contributed by atoms with Crippen LogP contribution in [0.1, 0.15) is 68.7 Å². The van der Waals surface area contributed by atoms with Crippen LogP contribution < -0.4 is 15.8 Å². The predicted octanol–water partition coefficient (Wildman–Crippen LogP) is 5.96. The first kappa shape index (κ1) is 43.2. The van der Waals surface area contributed by atoms with E-state index in [2.05, 4.69) is 25.3 Å². The average molecular weight is 770 g/mol. The van der Waals surface area contributed by atoms with E-state index < -0.39 is 55.0 Å². The minimum absolute atomic E-state index is 0.0406. The number of alkyl halides is 1. The van der Waals surface area contributed by atoms with Crippen LogP contribution in [0, 0.1) is 18.2 Å². The van der Waals surface area contributed by atoms with Gasteiger partial charge in [0.25, 0.3) is 5.95 Å². The number of aryl methyl sites for hydroxylation is 1. The molecule has 0 bridgehead atoms. The number of nitrogens with two attached hydrogens (primary N) is 1. The van der Waals surface area contributed by atoms with Crippen LogP contribution in [-0.4, -0.2) is 84.8 Å². The molecule has 296 valence electrons. The highest BCUT2D eigenvalue weighted by molar-refractivity contribution is 6.04. The number of halogens is 2. The van der Waals surface area contributed by atoms with Gasteiger partial charge in [0.1, 0.15) is 37.2 Å². The minimum atomic E-state index is -1.45. The van der Waals surface area contributed by atoms with Gasteiger partial charge >= 0.3 is 24.2 Å². The van der Waals surface area contributed by atoms with Crippen LogP contribution in [0.4, 0.5) is 24.3 Å². The lowest BCUT2D eigenvalue weighted by Crippen LogP contribution is -2.31. The molecule has 16 nitrogen and oxygen atoms in total. The van der Waals surface area contributed by atoms with E-state index in [9.17, 15) is 18.8 Å². The van der Waals surface area contributed by atoms with E-state index in [1.165, 1.54) is 39.2 Å². The first-order valence-corrected chi connectivity index (χ1v) is 17.1. The van der Waals surface area contributed by atoms with Gasteiger partial charge in [0.05, 0.1) is 6.61 Å². The summed E-state index contributed by atoms with van der Waals surface area (Å²) < 4.78 is 60.4. The van der Waals surface area contributed by atoms with Gasteiger partial charge < -0.3 is 34.2 Å². The van der Waals surface area contributed by atoms with Crippen molar-refractivity contribution in [2.24, 2.45) is 15.7 Å². The molecule has 1 atom stereocenters. The molecule has 0 spiro atoms. The number of hydrogen-bond acceptors (Lipinski definition) is 13. The molecule has 1 aromatic heterocycles. The third-order valence-electron chi connectivity index (χ3n) is 7.25. The second-order valence-electron chi connectivity index (χ2n) is 12.4. The van der Waals surface area contributed by atoms with Gasteiger partial charge in [0.2, 0.25) is 6.79 Å². The molecule has 4 N–H and O–H groups in total. The Morgan fingerprint density at radius 2 is 1.73 bits per heavy atom. The molecule has 1 heterocycles. The van der Waals surface area contributed by atoms with Gasteiger partial charge in [-0.2, -0.15) is 9.98 Å². The number of nitrogens with one attached hydrogen (secondary N) is 2. The SMILES string of the molecule is CCCCOC(=O)NC(=N)c1ccc(C[C@@H](C(N)=NC(=Nc2ncccn2)OCOC(=O)OC(C)(C)CF)c2cc(C)cc(OCCOC(C)=O)c2F)cc1. The summed E-state index contributed by atoms with van der Waals surface area (Å²) >= 11 is 0. The highest BCUT2D eigenvalue weighted by Crippen LogP contribution is 2.31. The van der Waals surface area contributed by atoms with Crippen molar-refractivity contribution in [3.05, 3.63) is 82.9 Å². The van der Waals surface area contributed by atoms with Crippen molar-refractivity contribution in [3.63, 3.8) is 0 Å². The zero-order chi connectivity index (χ0) is 40.4. The van der Waals surface area contributed by atoms with Crippen molar-refractivity contribution in [3.8, 4) is 5.75 Å². The number of amides is 1. The van der Waals surface area contributed by atoms with Crippen molar-refractivity contribution in [2.45, 2.75) is 65.4 Å². The number of nitrogens with zero attached hydrogens (tertiary/aromatic N) is 4. The fourth-order valence-corrected chi connectivity index (χ4v) is 4.52. The largest absolute Gasteiger partial charge is 0.511 e. The summed E-state index contributed by atoms with van der Waals surface area (Å²) in [6.07, 6.45) is 2.41. The molecule has 18 heteroatoms. The molecule has 2 aromatic carbocycles. The lowest BCUT2D eigenvalue weighted by molar-refractivity contribution is -0.141. The van der Waals surface area contributed by atoms with Crippen LogP contribution >= 0.6 is 0 Å². The van der Waals surface area contributed by atoms with E-state index in [4.69, 9.17) is 39.6 Å². The normalized spacial score (nSPS) is 12.3. The van der Waals surface area contributed by atoms with Crippen molar-refractivity contribution in [1.82, 2.24) is 15.3 Å². The Bertz CT molecular complexity index is 1830. The maximum absolute atomic E-state index is 16.3. The summed E-state index contributed by atoms with van der Waals surface area (Å²) in [7, 11) is 0. The summed E-state index contributed by atoms with van der Waals surface area (Å²) in [5.74, 6) is -2.94. The van der Waals surface area contributed by atoms with Gasteiger partial charge in [-0.15, -0.1) is 0 Å². The van der Waals surface area contributed by atoms with E-state index in [1.807, 2.05) is 6.92 Å². The van der Waals surface area contributed by atoms with E-state index >= 15 is 4.39 Å². The zero-order valence-corrected chi connectivity index (χ0v) is 31.2. The first-order valence-electron chi connectivity index (χ1n) is 17.1. The molecule has 3 aromatic rings. The van der Waals surface area contributed by atoms with E-state index in [1.54, 1.807) is 43.3 Å². The minimum Gasteiger partial charge on any atom is -0.487 e. The average Bonchev–Trinajstić information content (AvgIpc) is 3.14. The summed E-state index contributed by atoms with van der Waals surface area (Å²) in [6, 6.07) is 10.6. The Hall–Kier alpha value is -6.20. The second-order valence-corrected chi connectivity index (χ2v) is 12.4. The Kier molecular flexibility index (Phi) is 16.9. The predicted molar refractivity (Wildman–Crippen MR) is 197 cm³/mol. The van der Waals surface area contributed by atoms with E-state index in [0.29, 0.717) is 23.1 Å². The van der Waals surface area contributed by atoms with Gasteiger partial charge in [-0.3, -0.25) is 15.5 Å². The maximum Gasteiger partial charge on any atom is 0.511 e. The van der Waals surface area contributed by atoms with Gasteiger partial charge in [0.15, 0.2) is 11.6 Å². The van der Waals surface area contributed by atoms with Crippen LogP contribution in [-0.2, 0) is 34.9 Å². The molecule has 0 saturated heterocycles. The van der Waals surface area contributed by atoms with Gasteiger partial charge in [-0.25, -0.2) is 28.3 Å². The number of carbonyl (C=O) groups excluding carboxylic acids is 3. The molecule has 0 aliphatic heterocycles. The standard InChI is InChI=1S/C37H45F2N7O9/c1-6-7-15-52-35(48)45-31(40)26-11-9-25(10-12-26)20-28(27-18-23(2)19-29(30(27)39)51-17-16-50-24(3)47)32(41)44-34(46-33-42-13-8-14-43-33)53-22-54-36(49)55-37(4,5)21-38/h8-14,18-19,28H,6-7,15-17,20-22H2,1-5H3,(H2,40,45,48)(H2,41,42,43,44,46)/t28-/m1/s1. The number of benzene rings is 2. The van der Waals surface area contributed by atoms with Crippen LogP contribution in [0.5, 0.6) is 5.75 Å².